The molecule has 4 aliphatic carbocycles. The Morgan fingerprint density at radius 2 is 1.91 bits per heavy atom. The molecule has 0 radical (unpaired) electrons. The lowest BCUT2D eigenvalue weighted by molar-refractivity contribution is -0.234. The van der Waals surface area contributed by atoms with Crippen molar-refractivity contribution >= 4 is 11.9 Å². The number of fused-ring (bicyclic) bond motifs is 4. The summed E-state index contributed by atoms with van der Waals surface area (Å²) in [5.74, 6) is 0.460. The molecule has 5 heteroatoms. The monoisotopic (exact) mass is 458 g/mol. The van der Waals surface area contributed by atoms with E-state index in [2.05, 4.69) is 33.8 Å². The van der Waals surface area contributed by atoms with Gasteiger partial charge in [-0.2, -0.15) is 0 Å². The Labute approximate surface area is 198 Å². The summed E-state index contributed by atoms with van der Waals surface area (Å²) < 4.78 is 12.0. The van der Waals surface area contributed by atoms with E-state index in [1.807, 2.05) is 0 Å². The van der Waals surface area contributed by atoms with Crippen LogP contribution in [0.2, 0.25) is 0 Å². The number of ether oxygens (including phenoxy) is 2. The summed E-state index contributed by atoms with van der Waals surface area (Å²) in [6.45, 7) is 13.3. The van der Waals surface area contributed by atoms with Crippen LogP contribution in [0.3, 0.4) is 0 Å². The van der Waals surface area contributed by atoms with Crippen LogP contribution in [-0.4, -0.2) is 35.9 Å². The first kappa shape index (κ1) is 23.4. The second-order valence-corrected chi connectivity index (χ2v) is 13.1. The molecule has 1 heterocycles. The first-order valence-electron chi connectivity index (χ1n) is 13.1. The summed E-state index contributed by atoms with van der Waals surface area (Å²) in [6.07, 6.45) is 8.82. The molecule has 3 saturated carbocycles. The highest BCUT2D eigenvalue weighted by Gasteiger charge is 2.73. The molecule has 4 fully saturated rings. The molecule has 1 N–H and O–H groups in total. The van der Waals surface area contributed by atoms with Crippen molar-refractivity contribution < 1.29 is 24.2 Å². The Kier molecular flexibility index (Phi) is 5.19. The molecule has 0 bridgehead atoms. The van der Waals surface area contributed by atoms with E-state index in [9.17, 15) is 14.7 Å². The minimum absolute atomic E-state index is 0.0439. The molecular formula is C28H42O5. The average molecular weight is 459 g/mol. The molecule has 1 saturated heterocycles. The van der Waals surface area contributed by atoms with Crippen molar-refractivity contribution in [2.45, 2.75) is 98.7 Å². The number of aliphatic hydroxyl groups is 1. The van der Waals surface area contributed by atoms with Gasteiger partial charge in [0.25, 0.3) is 0 Å². The summed E-state index contributed by atoms with van der Waals surface area (Å²) >= 11 is 0. The van der Waals surface area contributed by atoms with Gasteiger partial charge in [-0.15, -0.1) is 0 Å². The van der Waals surface area contributed by atoms with Crippen molar-refractivity contribution in [1.82, 2.24) is 0 Å². The third-order valence-corrected chi connectivity index (χ3v) is 11.3. The zero-order valence-electron chi connectivity index (χ0n) is 21.3. The summed E-state index contributed by atoms with van der Waals surface area (Å²) in [5.41, 5.74) is 0.748. The normalized spacial score (nSPS) is 48.5. The van der Waals surface area contributed by atoms with Crippen LogP contribution in [0.4, 0.5) is 0 Å². The average Bonchev–Trinajstić information content (AvgIpc) is 2.97. The summed E-state index contributed by atoms with van der Waals surface area (Å²) in [4.78, 5) is 25.2. The quantitative estimate of drug-likeness (QED) is 0.473. The first-order valence-corrected chi connectivity index (χ1v) is 13.1. The van der Waals surface area contributed by atoms with Gasteiger partial charge < -0.3 is 14.6 Å². The maximum absolute atomic E-state index is 13.2. The van der Waals surface area contributed by atoms with Crippen molar-refractivity contribution in [3.8, 4) is 0 Å². The molecule has 0 aromatic rings. The lowest BCUT2D eigenvalue weighted by Crippen LogP contribution is -2.66. The van der Waals surface area contributed by atoms with Crippen LogP contribution in [0.15, 0.2) is 11.6 Å². The van der Waals surface area contributed by atoms with Gasteiger partial charge in [-0.3, -0.25) is 9.59 Å². The molecule has 1 aliphatic heterocycles. The molecule has 5 rings (SSSR count). The standard InChI is InChI=1S/C28H42O5/c1-16(29)18-8-9-20-26(5)13-10-19-25(3,4)11-7-12-28(19,15-32-17(2)30)21(26)14-22-27(20,6)23(18)24(31)33-22/h8,16,19-23,29H,7,9-15H2,1-6H3. The van der Waals surface area contributed by atoms with Gasteiger partial charge in [0, 0.05) is 17.8 Å². The summed E-state index contributed by atoms with van der Waals surface area (Å²) in [6, 6.07) is 0. The first-order chi connectivity index (χ1) is 15.4. The van der Waals surface area contributed by atoms with Gasteiger partial charge in [0.05, 0.1) is 18.6 Å². The Balaban J connectivity index is 1.63. The molecule has 9 unspecified atom stereocenters. The zero-order chi connectivity index (χ0) is 24.0. The fourth-order valence-corrected chi connectivity index (χ4v) is 10.0. The third-order valence-electron chi connectivity index (χ3n) is 11.3. The van der Waals surface area contributed by atoms with Gasteiger partial charge in [0.2, 0.25) is 0 Å². The van der Waals surface area contributed by atoms with E-state index in [4.69, 9.17) is 9.47 Å². The topological polar surface area (TPSA) is 72.8 Å². The molecule has 33 heavy (non-hydrogen) atoms. The molecule has 5 aliphatic rings. The fourth-order valence-electron chi connectivity index (χ4n) is 10.0. The van der Waals surface area contributed by atoms with Crippen molar-refractivity contribution in [2.24, 2.45) is 45.3 Å². The molecule has 0 aromatic heterocycles. The Morgan fingerprint density at radius 1 is 1.18 bits per heavy atom. The Bertz CT molecular complexity index is 889. The van der Waals surface area contributed by atoms with Crippen molar-refractivity contribution in [1.29, 1.82) is 0 Å². The van der Waals surface area contributed by atoms with E-state index in [-0.39, 0.29) is 45.6 Å². The van der Waals surface area contributed by atoms with Gasteiger partial charge >= 0.3 is 11.9 Å². The number of hydrogen-bond donors (Lipinski definition) is 1. The largest absolute Gasteiger partial charge is 0.465 e. The van der Waals surface area contributed by atoms with Crippen molar-refractivity contribution in [3.05, 3.63) is 11.6 Å². The predicted octanol–water partition coefficient (Wildman–Crippen LogP) is 5.06. The van der Waals surface area contributed by atoms with Crippen LogP contribution in [-0.2, 0) is 19.1 Å². The second-order valence-electron chi connectivity index (χ2n) is 13.1. The smallest absolute Gasteiger partial charge is 0.314 e. The van der Waals surface area contributed by atoms with Gasteiger partial charge in [0.15, 0.2) is 0 Å². The van der Waals surface area contributed by atoms with Crippen molar-refractivity contribution in [2.75, 3.05) is 6.61 Å². The Morgan fingerprint density at radius 3 is 2.58 bits per heavy atom. The summed E-state index contributed by atoms with van der Waals surface area (Å²) in [5, 5.41) is 10.5. The number of carbonyl (C=O) groups is 2. The van der Waals surface area contributed by atoms with E-state index in [0.29, 0.717) is 24.4 Å². The highest BCUT2D eigenvalue weighted by atomic mass is 16.6. The number of rotatable bonds is 3. The van der Waals surface area contributed by atoms with E-state index < -0.39 is 6.10 Å². The highest BCUT2D eigenvalue weighted by molar-refractivity contribution is 5.80. The van der Waals surface area contributed by atoms with Gasteiger partial charge in [0.1, 0.15) is 6.10 Å². The number of hydrogen-bond acceptors (Lipinski definition) is 5. The van der Waals surface area contributed by atoms with Gasteiger partial charge in [-0.1, -0.05) is 40.2 Å². The third kappa shape index (κ3) is 2.99. The number of esters is 2. The number of allylic oxidation sites excluding steroid dienone is 1. The van der Waals surface area contributed by atoms with Crippen LogP contribution in [0.25, 0.3) is 0 Å². The molecule has 0 spiro atoms. The maximum Gasteiger partial charge on any atom is 0.314 e. The SMILES string of the molecule is CC(=O)OCC12CCCC(C)(C)C1CCC1(C)C2CC2OC(=O)C3C(C(C)O)=CCC1C23C. The van der Waals surface area contributed by atoms with Crippen LogP contribution in [0, 0.1) is 45.3 Å². The van der Waals surface area contributed by atoms with Crippen LogP contribution in [0.5, 0.6) is 0 Å². The number of carbonyl (C=O) groups excluding carboxylic acids is 2. The molecular weight excluding hydrogens is 416 g/mol. The van der Waals surface area contributed by atoms with Crippen LogP contribution < -0.4 is 0 Å². The lowest BCUT2D eigenvalue weighted by Gasteiger charge is -2.69. The van der Waals surface area contributed by atoms with E-state index in [1.165, 1.54) is 13.3 Å². The highest BCUT2D eigenvalue weighted by Crippen LogP contribution is 2.74. The minimum Gasteiger partial charge on any atom is -0.465 e. The predicted molar refractivity (Wildman–Crippen MR) is 125 cm³/mol. The van der Waals surface area contributed by atoms with E-state index in [0.717, 1.165) is 44.1 Å². The molecule has 0 amide bonds. The summed E-state index contributed by atoms with van der Waals surface area (Å²) in [7, 11) is 0. The van der Waals surface area contributed by atoms with Gasteiger partial charge in [-0.05, 0) is 79.6 Å². The minimum atomic E-state index is -0.630. The van der Waals surface area contributed by atoms with Crippen LogP contribution in [0.1, 0.15) is 86.5 Å². The van der Waals surface area contributed by atoms with E-state index >= 15 is 0 Å². The lowest BCUT2D eigenvalue weighted by atomic mass is 9.34. The Hall–Kier alpha value is -1.36. The number of aliphatic hydroxyl groups excluding tert-OH is 1. The molecule has 184 valence electrons. The fraction of sp³-hybridized carbons (Fsp3) is 0.857. The molecule has 9 atom stereocenters. The van der Waals surface area contributed by atoms with E-state index in [1.54, 1.807) is 6.92 Å². The molecule has 5 nitrogen and oxygen atoms in total. The van der Waals surface area contributed by atoms with Crippen molar-refractivity contribution in [3.63, 3.8) is 0 Å². The zero-order valence-corrected chi connectivity index (χ0v) is 21.3. The van der Waals surface area contributed by atoms with Crippen LogP contribution >= 0.6 is 0 Å². The second kappa shape index (κ2) is 7.32. The molecule has 0 aromatic carbocycles. The maximum atomic E-state index is 13.2. The van der Waals surface area contributed by atoms with Gasteiger partial charge in [-0.25, -0.2) is 0 Å².